The molecular weight excluding hydrogens is 259 g/mol. The molecule has 0 aliphatic rings. The van der Waals surface area contributed by atoms with Crippen LogP contribution in [0.4, 0.5) is 5.69 Å². The van der Waals surface area contributed by atoms with E-state index in [1.807, 2.05) is 0 Å². The number of aromatic nitrogens is 1. The third-order valence-electron chi connectivity index (χ3n) is 1.81. The van der Waals surface area contributed by atoms with Crippen LogP contribution >= 0.6 is 23.2 Å². The largest absolute Gasteiger partial charge is 0.419 e. The van der Waals surface area contributed by atoms with Gasteiger partial charge in [0, 0.05) is 0 Å². The zero-order valence-corrected chi connectivity index (χ0v) is 8.95. The summed E-state index contributed by atoms with van der Waals surface area (Å²) in [7, 11) is 0. The Morgan fingerprint density at radius 2 is 2.06 bits per heavy atom. The van der Waals surface area contributed by atoms with E-state index in [9.17, 15) is 14.9 Å². The van der Waals surface area contributed by atoms with E-state index in [4.69, 9.17) is 27.6 Å². The first-order chi connectivity index (χ1) is 7.49. The van der Waals surface area contributed by atoms with E-state index in [0.717, 1.165) is 6.07 Å². The van der Waals surface area contributed by atoms with Gasteiger partial charge in [0.05, 0.1) is 11.0 Å². The molecule has 0 aliphatic heterocycles. The average molecular weight is 261 g/mol. The fourth-order valence-electron chi connectivity index (χ4n) is 1.13. The summed E-state index contributed by atoms with van der Waals surface area (Å²) in [5, 5.41) is 10.1. The van der Waals surface area contributed by atoms with Crippen molar-refractivity contribution in [2.45, 2.75) is 0 Å². The van der Waals surface area contributed by atoms with E-state index in [-0.39, 0.29) is 27.0 Å². The lowest BCUT2D eigenvalue weighted by molar-refractivity contribution is -0.384. The molecule has 2 aromatic rings. The standard InChI is InChI=1S/C8H2Cl2N2O4/c9-3-1-4-6(2-5(3)12(14)15)16-8(13)7(10)11-4/h1-2H. The second-order valence-corrected chi connectivity index (χ2v) is 3.59. The summed E-state index contributed by atoms with van der Waals surface area (Å²) in [5.74, 6) is 0. The van der Waals surface area contributed by atoms with E-state index >= 15 is 0 Å². The first-order valence-electron chi connectivity index (χ1n) is 3.93. The molecule has 82 valence electrons. The molecule has 1 aromatic heterocycles. The molecule has 0 atom stereocenters. The molecule has 1 heterocycles. The van der Waals surface area contributed by atoms with Gasteiger partial charge in [-0.25, -0.2) is 9.78 Å². The molecule has 0 bridgehead atoms. The number of hydrogen-bond acceptors (Lipinski definition) is 5. The van der Waals surface area contributed by atoms with E-state index in [1.165, 1.54) is 6.07 Å². The Hall–Kier alpha value is -1.66. The highest BCUT2D eigenvalue weighted by Gasteiger charge is 2.16. The fourth-order valence-corrected chi connectivity index (χ4v) is 1.49. The topological polar surface area (TPSA) is 86.2 Å². The van der Waals surface area contributed by atoms with Crippen molar-refractivity contribution in [2.75, 3.05) is 0 Å². The van der Waals surface area contributed by atoms with Crippen LogP contribution in [-0.2, 0) is 0 Å². The number of halogens is 2. The molecule has 2 rings (SSSR count). The number of nitro groups is 1. The minimum Gasteiger partial charge on any atom is -0.419 e. The Morgan fingerprint density at radius 3 is 2.69 bits per heavy atom. The summed E-state index contributed by atoms with van der Waals surface area (Å²) in [6.07, 6.45) is 0. The van der Waals surface area contributed by atoms with Crippen LogP contribution < -0.4 is 5.63 Å². The van der Waals surface area contributed by atoms with Crippen LogP contribution in [0.1, 0.15) is 0 Å². The quantitative estimate of drug-likeness (QED) is 0.581. The Balaban J connectivity index is 2.85. The maximum Gasteiger partial charge on any atom is 0.374 e. The van der Waals surface area contributed by atoms with Gasteiger partial charge < -0.3 is 4.42 Å². The second kappa shape index (κ2) is 3.73. The first-order valence-corrected chi connectivity index (χ1v) is 4.69. The monoisotopic (exact) mass is 260 g/mol. The van der Waals surface area contributed by atoms with Crippen LogP contribution in [-0.4, -0.2) is 9.91 Å². The third kappa shape index (κ3) is 1.72. The van der Waals surface area contributed by atoms with E-state index in [1.54, 1.807) is 0 Å². The molecule has 0 N–H and O–H groups in total. The molecule has 0 fully saturated rings. The van der Waals surface area contributed by atoms with Crippen molar-refractivity contribution in [3.8, 4) is 0 Å². The summed E-state index contributed by atoms with van der Waals surface area (Å²) in [6, 6.07) is 2.24. The van der Waals surface area contributed by atoms with Crippen LogP contribution in [0.2, 0.25) is 10.2 Å². The number of nitrogens with zero attached hydrogens (tertiary/aromatic N) is 2. The lowest BCUT2D eigenvalue weighted by Gasteiger charge is -1.98. The van der Waals surface area contributed by atoms with Crippen molar-refractivity contribution in [3.05, 3.63) is 42.8 Å². The number of benzene rings is 1. The van der Waals surface area contributed by atoms with Gasteiger partial charge in [0.25, 0.3) is 5.69 Å². The molecule has 0 unspecified atom stereocenters. The van der Waals surface area contributed by atoms with Gasteiger partial charge in [-0.05, 0) is 6.07 Å². The molecule has 1 aromatic carbocycles. The third-order valence-corrected chi connectivity index (χ3v) is 2.36. The van der Waals surface area contributed by atoms with Crippen LogP contribution in [0.15, 0.2) is 21.3 Å². The molecule has 8 heteroatoms. The number of rotatable bonds is 1. The van der Waals surface area contributed by atoms with Gasteiger partial charge in [-0.15, -0.1) is 0 Å². The van der Waals surface area contributed by atoms with Crippen LogP contribution in [0.3, 0.4) is 0 Å². The number of nitro benzene ring substituents is 1. The summed E-state index contributed by atoms with van der Waals surface area (Å²) in [6.45, 7) is 0. The summed E-state index contributed by atoms with van der Waals surface area (Å²) < 4.78 is 4.73. The second-order valence-electron chi connectivity index (χ2n) is 2.82. The maximum absolute atomic E-state index is 11.0. The van der Waals surface area contributed by atoms with Gasteiger partial charge >= 0.3 is 5.63 Å². The minimum atomic E-state index is -0.856. The highest BCUT2D eigenvalue weighted by atomic mass is 35.5. The van der Waals surface area contributed by atoms with Crippen LogP contribution in [0.25, 0.3) is 11.1 Å². The Kier molecular flexibility index (Phi) is 2.53. The number of fused-ring (bicyclic) bond motifs is 1. The Bertz CT molecular complexity index is 652. The zero-order chi connectivity index (χ0) is 11.9. The smallest absolute Gasteiger partial charge is 0.374 e. The van der Waals surface area contributed by atoms with Gasteiger partial charge in [0.2, 0.25) is 5.15 Å². The summed E-state index contributed by atoms with van der Waals surface area (Å²) >= 11 is 11.1. The molecule has 0 radical (unpaired) electrons. The molecule has 0 spiro atoms. The molecule has 0 amide bonds. The molecule has 0 aliphatic carbocycles. The molecule has 0 saturated heterocycles. The van der Waals surface area contributed by atoms with Gasteiger partial charge in [-0.2, -0.15) is 0 Å². The van der Waals surface area contributed by atoms with Gasteiger partial charge in [-0.3, -0.25) is 10.1 Å². The fraction of sp³-hybridized carbons (Fsp3) is 0. The van der Waals surface area contributed by atoms with Crippen LogP contribution in [0.5, 0.6) is 0 Å². The Morgan fingerprint density at radius 1 is 1.38 bits per heavy atom. The van der Waals surface area contributed by atoms with Crippen LogP contribution in [0, 0.1) is 10.1 Å². The van der Waals surface area contributed by atoms with Gasteiger partial charge in [0.1, 0.15) is 10.5 Å². The van der Waals surface area contributed by atoms with Crippen molar-refractivity contribution >= 4 is 40.0 Å². The predicted octanol–water partition coefficient (Wildman–Crippen LogP) is 2.40. The summed E-state index contributed by atoms with van der Waals surface area (Å²) in [4.78, 5) is 24.6. The Labute approximate surface area is 97.6 Å². The lowest BCUT2D eigenvalue weighted by atomic mass is 10.3. The first kappa shape index (κ1) is 10.8. The molecule has 16 heavy (non-hydrogen) atoms. The molecule has 6 nitrogen and oxygen atoms in total. The summed E-state index contributed by atoms with van der Waals surface area (Å²) in [5.41, 5.74) is -1.07. The van der Waals surface area contributed by atoms with Crippen molar-refractivity contribution in [3.63, 3.8) is 0 Å². The average Bonchev–Trinajstić information content (AvgIpc) is 2.19. The normalized spacial score (nSPS) is 10.6. The predicted molar refractivity (Wildman–Crippen MR) is 57.0 cm³/mol. The van der Waals surface area contributed by atoms with E-state index in [2.05, 4.69) is 4.98 Å². The van der Waals surface area contributed by atoms with Gasteiger partial charge in [0.15, 0.2) is 5.58 Å². The number of hydrogen-bond donors (Lipinski definition) is 0. The molecule has 0 saturated carbocycles. The zero-order valence-electron chi connectivity index (χ0n) is 7.44. The lowest BCUT2D eigenvalue weighted by Crippen LogP contribution is -2.02. The van der Waals surface area contributed by atoms with Crippen molar-refractivity contribution in [1.29, 1.82) is 0 Å². The van der Waals surface area contributed by atoms with E-state index in [0.29, 0.717) is 0 Å². The molecular formula is C8H2Cl2N2O4. The van der Waals surface area contributed by atoms with E-state index < -0.39 is 10.5 Å². The van der Waals surface area contributed by atoms with Crippen molar-refractivity contribution < 1.29 is 9.34 Å². The minimum absolute atomic E-state index is 0.0366. The highest BCUT2D eigenvalue weighted by Crippen LogP contribution is 2.28. The van der Waals surface area contributed by atoms with Crippen molar-refractivity contribution in [2.24, 2.45) is 0 Å². The SMILES string of the molecule is O=c1oc2cc([N+](=O)[O-])c(Cl)cc2nc1Cl. The van der Waals surface area contributed by atoms with Gasteiger partial charge in [-0.1, -0.05) is 23.2 Å². The highest BCUT2D eigenvalue weighted by molar-refractivity contribution is 6.33. The maximum atomic E-state index is 11.0. The van der Waals surface area contributed by atoms with Crippen molar-refractivity contribution in [1.82, 2.24) is 4.98 Å².